The van der Waals surface area contributed by atoms with Crippen molar-refractivity contribution in [1.82, 2.24) is 19.9 Å². The summed E-state index contributed by atoms with van der Waals surface area (Å²) in [6, 6.07) is 7.07. The van der Waals surface area contributed by atoms with Crippen molar-refractivity contribution in [3.63, 3.8) is 0 Å². The maximum atomic E-state index is 10.9. The van der Waals surface area contributed by atoms with Crippen molar-refractivity contribution in [2.75, 3.05) is 0 Å². The number of aromatic nitrogens is 4. The first kappa shape index (κ1) is 11.3. The second-order valence-electron chi connectivity index (χ2n) is 4.15. The van der Waals surface area contributed by atoms with E-state index in [1.54, 1.807) is 0 Å². The number of fused-ring (bicyclic) bond motifs is 1. The Balaban J connectivity index is 2.12. The number of aryl methyl sites for hydroxylation is 1. The van der Waals surface area contributed by atoms with E-state index in [1.807, 2.05) is 25.1 Å². The van der Waals surface area contributed by atoms with Crippen molar-refractivity contribution in [1.29, 1.82) is 0 Å². The highest BCUT2D eigenvalue weighted by Gasteiger charge is 2.08. The van der Waals surface area contributed by atoms with E-state index in [2.05, 4.69) is 19.9 Å². The number of carboxylic acid groups (broad SMARTS) is 1. The zero-order valence-electron chi connectivity index (χ0n) is 10.1. The highest BCUT2D eigenvalue weighted by atomic mass is 16.4. The van der Waals surface area contributed by atoms with Crippen LogP contribution >= 0.6 is 0 Å². The van der Waals surface area contributed by atoms with Crippen LogP contribution in [-0.2, 0) is 0 Å². The first-order valence-electron chi connectivity index (χ1n) is 5.65. The maximum Gasteiger partial charge on any atom is 0.354 e. The summed E-state index contributed by atoms with van der Waals surface area (Å²) in [7, 11) is 0. The number of nitrogens with one attached hydrogen (secondary N) is 1. The summed E-state index contributed by atoms with van der Waals surface area (Å²) >= 11 is 0. The third kappa shape index (κ3) is 2.03. The molecular weight excluding hydrogens is 244 g/mol. The summed E-state index contributed by atoms with van der Waals surface area (Å²) in [5.41, 5.74) is 3.13. The molecule has 0 aliphatic rings. The monoisotopic (exact) mass is 254 g/mol. The number of nitrogens with zero attached hydrogens (tertiary/aromatic N) is 3. The fourth-order valence-corrected chi connectivity index (χ4v) is 1.93. The van der Waals surface area contributed by atoms with E-state index in [9.17, 15) is 4.79 Å². The zero-order valence-corrected chi connectivity index (χ0v) is 10.1. The van der Waals surface area contributed by atoms with Gasteiger partial charge in [-0.25, -0.2) is 19.7 Å². The summed E-state index contributed by atoms with van der Waals surface area (Å²) in [6.45, 7) is 1.88. The standard InChI is InChI=1S/C13H10N4O2/c1-7-16-9-3-2-8(4-11(9)17-7)10-5-12(13(18)19)15-6-14-10/h2-6H,1H3,(H,16,17)(H,18,19). The molecule has 2 aromatic heterocycles. The van der Waals surface area contributed by atoms with E-state index < -0.39 is 5.97 Å². The summed E-state index contributed by atoms with van der Waals surface area (Å²) in [5, 5.41) is 8.92. The third-order valence-electron chi connectivity index (χ3n) is 2.78. The number of benzene rings is 1. The molecule has 1 aromatic carbocycles. The largest absolute Gasteiger partial charge is 0.477 e. The van der Waals surface area contributed by atoms with Crippen LogP contribution in [-0.4, -0.2) is 31.0 Å². The fourth-order valence-electron chi connectivity index (χ4n) is 1.93. The first-order valence-corrected chi connectivity index (χ1v) is 5.65. The van der Waals surface area contributed by atoms with Crippen molar-refractivity contribution < 1.29 is 9.90 Å². The lowest BCUT2D eigenvalue weighted by molar-refractivity contribution is 0.0690. The van der Waals surface area contributed by atoms with Crippen molar-refractivity contribution >= 4 is 17.0 Å². The molecule has 0 spiro atoms. The van der Waals surface area contributed by atoms with Crippen molar-refractivity contribution in [3.8, 4) is 11.3 Å². The van der Waals surface area contributed by atoms with Crippen LogP contribution < -0.4 is 0 Å². The number of aromatic carboxylic acids is 1. The number of aromatic amines is 1. The van der Waals surface area contributed by atoms with Gasteiger partial charge in [0.2, 0.25) is 0 Å². The number of carboxylic acids is 1. The molecule has 0 atom stereocenters. The normalized spacial score (nSPS) is 10.8. The first-order chi connectivity index (χ1) is 9.13. The smallest absolute Gasteiger partial charge is 0.354 e. The Morgan fingerprint density at radius 2 is 2.11 bits per heavy atom. The minimum atomic E-state index is -1.07. The highest BCUT2D eigenvalue weighted by molar-refractivity contribution is 5.87. The summed E-state index contributed by atoms with van der Waals surface area (Å²) in [4.78, 5) is 26.1. The highest BCUT2D eigenvalue weighted by Crippen LogP contribution is 2.21. The van der Waals surface area contributed by atoms with Gasteiger partial charge in [-0.1, -0.05) is 6.07 Å². The van der Waals surface area contributed by atoms with Crippen molar-refractivity contribution in [2.24, 2.45) is 0 Å². The Morgan fingerprint density at radius 3 is 2.89 bits per heavy atom. The molecule has 0 bridgehead atoms. The molecule has 0 saturated heterocycles. The molecule has 0 aliphatic carbocycles. The van der Waals surface area contributed by atoms with Gasteiger partial charge in [-0.3, -0.25) is 0 Å². The number of rotatable bonds is 2. The Morgan fingerprint density at radius 1 is 1.26 bits per heavy atom. The summed E-state index contributed by atoms with van der Waals surface area (Å²) in [5.74, 6) is -0.233. The van der Waals surface area contributed by atoms with Crippen LogP contribution in [0.4, 0.5) is 0 Å². The molecule has 0 saturated carbocycles. The summed E-state index contributed by atoms with van der Waals surface area (Å²) in [6.07, 6.45) is 1.25. The topological polar surface area (TPSA) is 91.8 Å². The van der Waals surface area contributed by atoms with Gasteiger partial charge in [0.1, 0.15) is 12.2 Å². The lowest BCUT2D eigenvalue weighted by Gasteiger charge is -2.01. The van der Waals surface area contributed by atoms with Gasteiger partial charge in [-0.15, -0.1) is 0 Å². The van der Waals surface area contributed by atoms with Gasteiger partial charge in [0.05, 0.1) is 16.7 Å². The fraction of sp³-hybridized carbons (Fsp3) is 0.0769. The van der Waals surface area contributed by atoms with Gasteiger partial charge >= 0.3 is 5.97 Å². The van der Waals surface area contributed by atoms with Crippen LogP contribution in [0.2, 0.25) is 0 Å². The van der Waals surface area contributed by atoms with E-state index in [-0.39, 0.29) is 5.69 Å². The van der Waals surface area contributed by atoms with Crippen molar-refractivity contribution in [3.05, 3.63) is 42.1 Å². The lowest BCUT2D eigenvalue weighted by atomic mass is 10.1. The average Bonchev–Trinajstić information content (AvgIpc) is 2.77. The second kappa shape index (κ2) is 4.16. The van der Waals surface area contributed by atoms with E-state index in [4.69, 9.17) is 5.11 Å². The number of hydrogen-bond donors (Lipinski definition) is 2. The number of imidazole rings is 1. The zero-order chi connectivity index (χ0) is 13.4. The average molecular weight is 254 g/mol. The van der Waals surface area contributed by atoms with Crippen LogP contribution in [0.1, 0.15) is 16.3 Å². The molecule has 0 unspecified atom stereocenters. The predicted octanol–water partition coefficient (Wildman–Crippen LogP) is 2.03. The molecule has 0 aliphatic heterocycles. The molecule has 19 heavy (non-hydrogen) atoms. The summed E-state index contributed by atoms with van der Waals surface area (Å²) < 4.78 is 0. The number of carbonyl (C=O) groups is 1. The van der Waals surface area contributed by atoms with Crippen LogP contribution in [0.3, 0.4) is 0 Å². The maximum absolute atomic E-state index is 10.9. The van der Waals surface area contributed by atoms with Crippen molar-refractivity contribution in [2.45, 2.75) is 6.92 Å². The molecular formula is C13H10N4O2. The van der Waals surface area contributed by atoms with E-state index >= 15 is 0 Å². The molecule has 6 heteroatoms. The van der Waals surface area contributed by atoms with E-state index in [0.29, 0.717) is 5.69 Å². The van der Waals surface area contributed by atoms with Crippen LogP contribution in [0, 0.1) is 6.92 Å². The molecule has 94 valence electrons. The second-order valence-corrected chi connectivity index (χ2v) is 4.15. The molecule has 3 rings (SSSR count). The molecule has 3 aromatic rings. The van der Waals surface area contributed by atoms with Gasteiger partial charge in [0.15, 0.2) is 5.69 Å². The van der Waals surface area contributed by atoms with Gasteiger partial charge in [-0.05, 0) is 25.1 Å². The minimum Gasteiger partial charge on any atom is -0.477 e. The molecule has 2 heterocycles. The predicted molar refractivity (Wildman–Crippen MR) is 68.8 cm³/mol. The molecule has 2 N–H and O–H groups in total. The molecule has 0 amide bonds. The SMILES string of the molecule is Cc1nc2ccc(-c3cc(C(=O)O)ncn3)cc2[nH]1. The van der Waals surface area contributed by atoms with Gasteiger partial charge < -0.3 is 10.1 Å². The lowest BCUT2D eigenvalue weighted by Crippen LogP contribution is -2.01. The molecule has 0 radical (unpaired) electrons. The van der Waals surface area contributed by atoms with Gasteiger partial charge in [0.25, 0.3) is 0 Å². The number of H-pyrrole nitrogens is 1. The van der Waals surface area contributed by atoms with Crippen LogP contribution in [0.15, 0.2) is 30.6 Å². The van der Waals surface area contributed by atoms with Crippen LogP contribution in [0.25, 0.3) is 22.3 Å². The van der Waals surface area contributed by atoms with E-state index in [1.165, 1.54) is 12.4 Å². The quantitative estimate of drug-likeness (QED) is 0.730. The van der Waals surface area contributed by atoms with Gasteiger partial charge in [-0.2, -0.15) is 0 Å². The Kier molecular flexibility index (Phi) is 2.49. The third-order valence-corrected chi connectivity index (χ3v) is 2.78. The molecule has 6 nitrogen and oxygen atoms in total. The minimum absolute atomic E-state index is 0.0223. The number of hydrogen-bond acceptors (Lipinski definition) is 4. The van der Waals surface area contributed by atoms with E-state index in [0.717, 1.165) is 22.4 Å². The Hall–Kier alpha value is -2.76. The Bertz CT molecular complexity index is 779. The van der Waals surface area contributed by atoms with Gasteiger partial charge in [0, 0.05) is 5.56 Å². The Labute approximate surface area is 108 Å². The van der Waals surface area contributed by atoms with Crippen LogP contribution in [0.5, 0.6) is 0 Å². The molecule has 0 fully saturated rings.